The molecule has 0 bridgehead atoms. The van der Waals surface area contributed by atoms with Crippen LogP contribution in [0, 0.1) is 11.6 Å². The second-order valence-electron chi connectivity index (χ2n) is 10.8. The lowest BCUT2D eigenvalue weighted by atomic mass is 10.1. The lowest BCUT2D eigenvalue weighted by Crippen LogP contribution is -2.47. The number of amides is 1. The maximum Gasteiger partial charge on any atom is 0.453 e. The van der Waals surface area contributed by atoms with Crippen molar-refractivity contribution in [3.63, 3.8) is 0 Å². The van der Waals surface area contributed by atoms with Crippen LogP contribution >= 0.6 is 0 Å². The Balaban J connectivity index is 0.00000189. The van der Waals surface area contributed by atoms with E-state index < -0.39 is 29.5 Å². The van der Waals surface area contributed by atoms with Crippen LogP contribution < -0.4 is 10.1 Å². The highest BCUT2D eigenvalue weighted by Crippen LogP contribution is 2.44. The molecule has 5 rings (SSSR count). The summed E-state index contributed by atoms with van der Waals surface area (Å²) in [4.78, 5) is 22.4. The fourth-order valence-corrected chi connectivity index (χ4v) is 4.47. The number of carbonyl (C=O) groups excluding carboxylic acids is 1. The summed E-state index contributed by atoms with van der Waals surface area (Å²) in [6.07, 6.45) is 0.233. The number of anilines is 1. The van der Waals surface area contributed by atoms with Crippen LogP contribution in [-0.2, 0) is 4.74 Å². The number of nitrogens with one attached hydrogen (secondary N) is 1. The molecule has 12 nitrogen and oxygen atoms in total. The van der Waals surface area contributed by atoms with E-state index in [0.717, 1.165) is 18.9 Å². The van der Waals surface area contributed by atoms with Gasteiger partial charge in [-0.05, 0) is 46.5 Å². The van der Waals surface area contributed by atoms with E-state index in [9.17, 15) is 28.9 Å². The van der Waals surface area contributed by atoms with Gasteiger partial charge in [0.05, 0.1) is 13.4 Å². The highest BCUT2D eigenvalue weighted by molar-refractivity contribution is 5.68. The smallest absolute Gasteiger partial charge is 0.444 e. The van der Waals surface area contributed by atoms with E-state index in [1.165, 1.54) is 16.8 Å². The third kappa shape index (κ3) is 7.34. The lowest BCUT2D eigenvalue weighted by Gasteiger charge is -2.34. The molecule has 4 N–H and O–H groups in total. The minimum absolute atomic E-state index is 0.0653. The number of nitrogens with zero attached hydrogens (tertiary/aromatic N) is 5. The van der Waals surface area contributed by atoms with E-state index in [2.05, 4.69) is 20.4 Å². The number of pyridine rings is 1. The largest absolute Gasteiger partial charge is 0.453 e. The highest BCUT2D eigenvalue weighted by atomic mass is 19.1. The molecule has 1 unspecified atom stereocenters. The first-order chi connectivity index (χ1) is 19.3. The average molecular weight is 583 g/mol. The maximum atomic E-state index is 15.0. The molecule has 224 valence electrons. The molecule has 41 heavy (non-hydrogen) atoms. The van der Waals surface area contributed by atoms with Gasteiger partial charge in [0.2, 0.25) is 0 Å². The molecule has 2 fully saturated rings. The predicted octanol–water partition coefficient (Wildman–Crippen LogP) is 3.31. The number of fused-ring (bicyclic) bond motifs is 1. The SMILES string of the molecule is CC(C)(C)OC(=O)N1CCCC(Nc2nc(-c3cnc4cc(OC(O)(O)O)c(C5CC5)nn34)c(F)cc2F)C1.CF. The summed E-state index contributed by atoms with van der Waals surface area (Å²) in [5.74, 6) is -2.17. The normalized spacial score (nSPS) is 17.6. The van der Waals surface area contributed by atoms with Crippen LogP contribution in [0.5, 0.6) is 5.75 Å². The number of imidazole rings is 1. The van der Waals surface area contributed by atoms with Crippen LogP contribution in [0.25, 0.3) is 17.0 Å². The van der Waals surface area contributed by atoms with Gasteiger partial charge in [-0.3, -0.25) is 4.39 Å². The Labute approximate surface area is 233 Å². The number of piperidine rings is 1. The number of rotatable bonds is 6. The molecule has 1 saturated heterocycles. The van der Waals surface area contributed by atoms with Crippen LogP contribution in [0.15, 0.2) is 18.3 Å². The summed E-state index contributed by atoms with van der Waals surface area (Å²) < 4.78 is 50.9. The second-order valence-corrected chi connectivity index (χ2v) is 10.8. The van der Waals surface area contributed by atoms with Crippen LogP contribution in [0.2, 0.25) is 0 Å². The Hall–Kier alpha value is -3.69. The predicted molar refractivity (Wildman–Crippen MR) is 140 cm³/mol. The average Bonchev–Trinajstić information content (AvgIpc) is 3.65. The van der Waals surface area contributed by atoms with Crippen LogP contribution in [0.1, 0.15) is 58.1 Å². The molecule has 4 heterocycles. The van der Waals surface area contributed by atoms with Crippen molar-refractivity contribution in [1.29, 1.82) is 0 Å². The van der Waals surface area contributed by atoms with Crippen molar-refractivity contribution >= 4 is 17.6 Å². The van der Waals surface area contributed by atoms with Gasteiger partial charge in [-0.25, -0.2) is 28.1 Å². The molecule has 2 aliphatic rings. The fourth-order valence-electron chi connectivity index (χ4n) is 4.47. The second kappa shape index (κ2) is 11.7. The summed E-state index contributed by atoms with van der Waals surface area (Å²) in [5, 5.41) is 35.3. The van der Waals surface area contributed by atoms with Gasteiger partial charge in [-0.15, -0.1) is 0 Å². The molecule has 15 heteroatoms. The van der Waals surface area contributed by atoms with E-state index in [1.807, 2.05) is 0 Å². The first-order valence-electron chi connectivity index (χ1n) is 13.0. The third-order valence-corrected chi connectivity index (χ3v) is 6.28. The number of hydrogen-bond donors (Lipinski definition) is 4. The van der Waals surface area contributed by atoms with Gasteiger partial charge in [0.15, 0.2) is 28.8 Å². The molecule has 1 atom stereocenters. The maximum absolute atomic E-state index is 15.0. The molecule has 1 saturated carbocycles. The van der Waals surface area contributed by atoms with E-state index in [-0.39, 0.29) is 47.1 Å². The molecule has 1 aliphatic carbocycles. The number of ether oxygens (including phenoxy) is 2. The number of aliphatic hydroxyl groups is 3. The van der Waals surface area contributed by atoms with Crippen LogP contribution in [0.4, 0.5) is 23.8 Å². The Bertz CT molecular complexity index is 1400. The van der Waals surface area contributed by atoms with Gasteiger partial charge < -0.3 is 35.0 Å². The van der Waals surface area contributed by atoms with E-state index in [4.69, 9.17) is 9.47 Å². The molecule has 3 aromatic heterocycles. The highest BCUT2D eigenvalue weighted by Gasteiger charge is 2.34. The quantitative estimate of drug-likeness (QED) is 0.318. The molecular weight excluding hydrogens is 549 g/mol. The summed E-state index contributed by atoms with van der Waals surface area (Å²) in [6.45, 7) is 6.10. The van der Waals surface area contributed by atoms with Gasteiger partial charge in [0.25, 0.3) is 0 Å². The minimum atomic E-state index is -3.41. The summed E-state index contributed by atoms with van der Waals surface area (Å²) in [5.41, 5.74) is -0.276. The zero-order valence-electron chi connectivity index (χ0n) is 23.1. The van der Waals surface area contributed by atoms with E-state index in [1.54, 1.807) is 25.7 Å². The lowest BCUT2D eigenvalue weighted by molar-refractivity contribution is -0.419. The number of aromatic nitrogens is 4. The Morgan fingerprint density at radius 2 is 1.80 bits per heavy atom. The molecular formula is C26H33F3N6O6. The number of likely N-dealkylation sites (tertiary alicyclic amines) is 1. The van der Waals surface area contributed by atoms with Crippen molar-refractivity contribution in [1.82, 2.24) is 24.5 Å². The van der Waals surface area contributed by atoms with Crippen molar-refractivity contribution in [2.45, 2.75) is 70.2 Å². The molecule has 3 aromatic rings. The monoisotopic (exact) mass is 582 g/mol. The van der Waals surface area contributed by atoms with Gasteiger partial charge in [-0.2, -0.15) is 5.10 Å². The molecule has 0 radical (unpaired) electrons. The number of hydrogen-bond acceptors (Lipinski definition) is 10. The van der Waals surface area contributed by atoms with Crippen molar-refractivity contribution in [3.8, 4) is 17.1 Å². The van der Waals surface area contributed by atoms with Crippen LogP contribution in [-0.4, -0.2) is 84.0 Å². The van der Waals surface area contributed by atoms with Gasteiger partial charge in [0.1, 0.15) is 22.7 Å². The fraction of sp³-hybridized carbons (Fsp3) is 0.538. The Morgan fingerprint density at radius 1 is 1.10 bits per heavy atom. The van der Waals surface area contributed by atoms with Gasteiger partial charge in [-0.1, -0.05) is 0 Å². The van der Waals surface area contributed by atoms with Crippen molar-refractivity contribution in [2.75, 3.05) is 25.6 Å². The number of halogens is 3. The van der Waals surface area contributed by atoms with E-state index >= 15 is 4.39 Å². The van der Waals surface area contributed by atoms with Crippen molar-refractivity contribution in [2.24, 2.45) is 0 Å². The summed E-state index contributed by atoms with van der Waals surface area (Å²) in [6, 6.07) is 1.70. The zero-order valence-corrected chi connectivity index (χ0v) is 23.1. The molecule has 0 spiro atoms. The minimum Gasteiger partial charge on any atom is -0.444 e. The number of carbonyl (C=O) groups is 1. The topological polar surface area (TPSA) is 155 Å². The van der Waals surface area contributed by atoms with Crippen molar-refractivity contribution in [3.05, 3.63) is 35.7 Å². The number of alkyl halides is 1. The third-order valence-electron chi connectivity index (χ3n) is 6.28. The molecule has 1 aliphatic heterocycles. The summed E-state index contributed by atoms with van der Waals surface area (Å²) in [7, 11) is 0.500. The first kappa shape index (κ1) is 30.3. The standard InChI is InChI=1S/C25H30F2N6O6.CH3F/c1-24(2,3)39-23(34)32-8-4-5-14(12-32)29-22-16(27)9-15(26)21(30-22)17-11-28-19-10-18(38-25(35,36)37)20(13-6-7-13)31-33(17)19;1-2/h9-11,13-14,35-37H,4-8,12H2,1-3H3,(H,29,30);1H3. The molecule has 0 aromatic carbocycles. The van der Waals surface area contributed by atoms with E-state index in [0.29, 0.717) is 32.3 Å². The van der Waals surface area contributed by atoms with Crippen LogP contribution in [0.3, 0.4) is 0 Å². The Morgan fingerprint density at radius 3 is 2.44 bits per heavy atom. The zero-order chi connectivity index (χ0) is 30.1. The van der Waals surface area contributed by atoms with Gasteiger partial charge >= 0.3 is 12.3 Å². The Kier molecular flexibility index (Phi) is 8.61. The summed E-state index contributed by atoms with van der Waals surface area (Å²) >= 11 is 0. The first-order valence-corrected chi connectivity index (χ1v) is 13.0. The van der Waals surface area contributed by atoms with Crippen molar-refractivity contribution < 1.29 is 42.8 Å². The van der Waals surface area contributed by atoms with Gasteiger partial charge in [0, 0.05) is 37.2 Å². The molecule has 1 amide bonds.